The summed E-state index contributed by atoms with van der Waals surface area (Å²) in [6.07, 6.45) is 0. The van der Waals surface area contributed by atoms with Gasteiger partial charge < -0.3 is 20.1 Å². The summed E-state index contributed by atoms with van der Waals surface area (Å²) in [6, 6.07) is 24.0. The predicted octanol–water partition coefficient (Wildman–Crippen LogP) is 3.32. The van der Waals surface area contributed by atoms with Crippen LogP contribution in [0.2, 0.25) is 0 Å². The fourth-order valence-corrected chi connectivity index (χ4v) is 2.81. The first kappa shape index (κ1) is 20.9. The summed E-state index contributed by atoms with van der Waals surface area (Å²) in [6.45, 7) is 0.528. The third kappa shape index (κ3) is 6.10. The number of para-hydroxylation sites is 1. The van der Waals surface area contributed by atoms with Gasteiger partial charge in [0.1, 0.15) is 18.1 Å². The maximum absolute atomic E-state index is 12.6. The molecule has 3 rings (SSSR count). The molecule has 2 N–H and O–H groups in total. The van der Waals surface area contributed by atoms with Crippen molar-refractivity contribution < 1.29 is 19.1 Å². The van der Waals surface area contributed by atoms with Gasteiger partial charge in [-0.15, -0.1) is 0 Å². The van der Waals surface area contributed by atoms with E-state index in [0.717, 1.165) is 22.6 Å². The number of hydrogen-bond donors (Lipinski definition) is 2. The Bertz CT molecular complexity index is 972. The van der Waals surface area contributed by atoms with E-state index in [0.29, 0.717) is 12.1 Å². The Morgan fingerprint density at radius 3 is 2.23 bits per heavy atom. The van der Waals surface area contributed by atoms with Gasteiger partial charge >= 0.3 is 0 Å². The molecule has 154 valence electrons. The zero-order chi connectivity index (χ0) is 21.2. The molecule has 30 heavy (non-hydrogen) atoms. The average Bonchev–Trinajstić information content (AvgIpc) is 2.81. The number of nitrogens with one attached hydrogen (secondary N) is 2. The molecule has 6 heteroatoms. The Hall–Kier alpha value is -3.80. The Balaban J connectivity index is 1.49. The van der Waals surface area contributed by atoms with E-state index in [9.17, 15) is 9.59 Å². The SMILES string of the molecule is COc1ccc(CNC(=O)CNC(=O)c2ccccc2COc2ccccc2)cc1. The maximum atomic E-state index is 12.6. The van der Waals surface area contributed by atoms with Gasteiger partial charge in [-0.2, -0.15) is 0 Å². The minimum Gasteiger partial charge on any atom is -0.497 e. The lowest BCUT2D eigenvalue weighted by molar-refractivity contribution is -0.120. The number of hydrogen-bond acceptors (Lipinski definition) is 4. The predicted molar refractivity (Wildman–Crippen MR) is 114 cm³/mol. The first-order chi connectivity index (χ1) is 14.7. The number of amides is 2. The van der Waals surface area contributed by atoms with E-state index in [4.69, 9.17) is 9.47 Å². The fourth-order valence-electron chi connectivity index (χ4n) is 2.81. The van der Waals surface area contributed by atoms with Crippen molar-refractivity contribution >= 4 is 11.8 Å². The molecule has 0 aromatic heterocycles. The van der Waals surface area contributed by atoms with E-state index in [1.54, 1.807) is 19.2 Å². The van der Waals surface area contributed by atoms with Crippen LogP contribution in [0.5, 0.6) is 11.5 Å². The quantitative estimate of drug-likeness (QED) is 0.574. The van der Waals surface area contributed by atoms with Gasteiger partial charge in [0.25, 0.3) is 5.91 Å². The van der Waals surface area contributed by atoms with Crippen LogP contribution >= 0.6 is 0 Å². The highest BCUT2D eigenvalue weighted by Crippen LogP contribution is 2.15. The fraction of sp³-hybridized carbons (Fsp3) is 0.167. The molecule has 0 saturated carbocycles. The Morgan fingerprint density at radius 1 is 0.800 bits per heavy atom. The molecule has 6 nitrogen and oxygen atoms in total. The summed E-state index contributed by atoms with van der Waals surface area (Å²) in [7, 11) is 1.60. The van der Waals surface area contributed by atoms with E-state index in [1.807, 2.05) is 66.7 Å². The second-order valence-electron chi connectivity index (χ2n) is 6.57. The lowest BCUT2D eigenvalue weighted by Gasteiger charge is -2.12. The molecule has 0 aliphatic carbocycles. The summed E-state index contributed by atoms with van der Waals surface area (Å²) in [5.41, 5.74) is 2.17. The van der Waals surface area contributed by atoms with E-state index in [1.165, 1.54) is 0 Å². The van der Waals surface area contributed by atoms with Crippen LogP contribution in [0.25, 0.3) is 0 Å². The molecule has 2 amide bonds. The number of methoxy groups -OCH3 is 1. The van der Waals surface area contributed by atoms with Crippen molar-refractivity contribution in [2.75, 3.05) is 13.7 Å². The monoisotopic (exact) mass is 404 g/mol. The van der Waals surface area contributed by atoms with Gasteiger partial charge in [0, 0.05) is 17.7 Å². The smallest absolute Gasteiger partial charge is 0.252 e. The van der Waals surface area contributed by atoms with Crippen LogP contribution in [-0.2, 0) is 17.9 Å². The van der Waals surface area contributed by atoms with Crippen LogP contribution in [0.15, 0.2) is 78.9 Å². The average molecular weight is 404 g/mol. The van der Waals surface area contributed by atoms with Crippen LogP contribution in [0.1, 0.15) is 21.5 Å². The van der Waals surface area contributed by atoms with Crippen molar-refractivity contribution in [3.8, 4) is 11.5 Å². The summed E-state index contributed by atoms with van der Waals surface area (Å²) in [5, 5.41) is 5.45. The van der Waals surface area contributed by atoms with Crippen LogP contribution in [-0.4, -0.2) is 25.5 Å². The minimum atomic E-state index is -0.318. The first-order valence-corrected chi connectivity index (χ1v) is 9.59. The van der Waals surface area contributed by atoms with Crippen LogP contribution in [0.3, 0.4) is 0 Å². The minimum absolute atomic E-state index is 0.108. The second-order valence-corrected chi connectivity index (χ2v) is 6.57. The second kappa shape index (κ2) is 10.7. The topological polar surface area (TPSA) is 76.7 Å². The standard InChI is InChI=1S/C24H24N2O4/c1-29-20-13-11-18(12-14-20)15-25-23(27)16-26-24(28)22-10-6-5-7-19(22)17-30-21-8-3-2-4-9-21/h2-14H,15-17H2,1H3,(H,25,27)(H,26,28). The molecule has 0 saturated heterocycles. The van der Waals surface area contributed by atoms with Gasteiger partial charge in [-0.3, -0.25) is 9.59 Å². The van der Waals surface area contributed by atoms with E-state index in [-0.39, 0.29) is 25.0 Å². The summed E-state index contributed by atoms with van der Waals surface area (Å²) in [5.74, 6) is 0.900. The first-order valence-electron chi connectivity index (χ1n) is 9.59. The molecular weight excluding hydrogens is 380 g/mol. The molecule has 0 aliphatic heterocycles. The van der Waals surface area contributed by atoms with Crippen LogP contribution < -0.4 is 20.1 Å². The Kier molecular flexibility index (Phi) is 7.44. The van der Waals surface area contributed by atoms with Crippen LogP contribution in [0.4, 0.5) is 0 Å². The van der Waals surface area contributed by atoms with Gasteiger partial charge in [0.15, 0.2) is 0 Å². The molecule has 0 spiro atoms. The molecule has 0 atom stereocenters. The van der Waals surface area contributed by atoms with Crippen molar-refractivity contribution in [1.82, 2.24) is 10.6 Å². The number of ether oxygens (including phenoxy) is 2. The van der Waals surface area contributed by atoms with Gasteiger partial charge in [-0.05, 0) is 35.9 Å². The number of carbonyl (C=O) groups excluding carboxylic acids is 2. The lowest BCUT2D eigenvalue weighted by Crippen LogP contribution is -2.37. The molecule has 3 aromatic carbocycles. The molecule has 3 aromatic rings. The van der Waals surface area contributed by atoms with Crippen molar-refractivity contribution in [2.24, 2.45) is 0 Å². The molecule has 0 bridgehead atoms. The number of rotatable bonds is 9. The zero-order valence-corrected chi connectivity index (χ0v) is 16.8. The normalized spacial score (nSPS) is 10.2. The van der Waals surface area contributed by atoms with Gasteiger partial charge in [0.05, 0.1) is 13.7 Å². The highest BCUT2D eigenvalue weighted by molar-refractivity contribution is 5.97. The third-order valence-electron chi connectivity index (χ3n) is 4.46. The molecule has 0 fully saturated rings. The highest BCUT2D eigenvalue weighted by atomic mass is 16.5. The Morgan fingerprint density at radius 2 is 1.50 bits per heavy atom. The van der Waals surface area contributed by atoms with E-state index >= 15 is 0 Å². The van der Waals surface area contributed by atoms with E-state index < -0.39 is 0 Å². The zero-order valence-electron chi connectivity index (χ0n) is 16.8. The number of carbonyl (C=O) groups is 2. The molecular formula is C24H24N2O4. The highest BCUT2D eigenvalue weighted by Gasteiger charge is 2.12. The maximum Gasteiger partial charge on any atom is 0.252 e. The van der Waals surface area contributed by atoms with Crippen molar-refractivity contribution in [3.63, 3.8) is 0 Å². The molecule has 0 aliphatic rings. The number of benzene rings is 3. The lowest BCUT2D eigenvalue weighted by atomic mass is 10.1. The Labute approximate surface area is 175 Å². The molecule has 0 unspecified atom stereocenters. The van der Waals surface area contributed by atoms with Crippen LogP contribution in [0, 0.1) is 0 Å². The van der Waals surface area contributed by atoms with Gasteiger partial charge in [-0.25, -0.2) is 0 Å². The molecule has 0 heterocycles. The van der Waals surface area contributed by atoms with Crippen molar-refractivity contribution in [3.05, 3.63) is 95.6 Å². The van der Waals surface area contributed by atoms with Gasteiger partial charge in [-0.1, -0.05) is 48.5 Å². The third-order valence-corrected chi connectivity index (χ3v) is 4.46. The van der Waals surface area contributed by atoms with Crippen molar-refractivity contribution in [2.45, 2.75) is 13.2 Å². The summed E-state index contributed by atoms with van der Waals surface area (Å²) >= 11 is 0. The summed E-state index contributed by atoms with van der Waals surface area (Å²) < 4.78 is 10.9. The van der Waals surface area contributed by atoms with E-state index in [2.05, 4.69) is 10.6 Å². The van der Waals surface area contributed by atoms with Gasteiger partial charge in [0.2, 0.25) is 5.91 Å². The summed E-state index contributed by atoms with van der Waals surface area (Å²) in [4.78, 5) is 24.7. The van der Waals surface area contributed by atoms with Crippen molar-refractivity contribution in [1.29, 1.82) is 0 Å². The molecule has 0 radical (unpaired) electrons. The largest absolute Gasteiger partial charge is 0.497 e.